The van der Waals surface area contributed by atoms with Crippen LogP contribution in [0.1, 0.15) is 5.56 Å². The van der Waals surface area contributed by atoms with Gasteiger partial charge in [-0.25, -0.2) is 14.4 Å². The van der Waals surface area contributed by atoms with E-state index in [2.05, 4.69) is 21.0 Å². The van der Waals surface area contributed by atoms with Gasteiger partial charge in [-0.15, -0.1) is 11.3 Å². The van der Waals surface area contributed by atoms with Crippen molar-refractivity contribution in [2.45, 2.75) is 0 Å². The summed E-state index contributed by atoms with van der Waals surface area (Å²) in [6.07, 6.45) is 3.49. The second kappa shape index (κ2) is 8.76. The van der Waals surface area contributed by atoms with Crippen LogP contribution in [0.3, 0.4) is 0 Å². The summed E-state index contributed by atoms with van der Waals surface area (Å²) < 4.78 is 23.9. The van der Waals surface area contributed by atoms with E-state index < -0.39 is 5.82 Å². The van der Waals surface area contributed by atoms with Crippen molar-refractivity contribution in [3.8, 4) is 34.6 Å². The summed E-state index contributed by atoms with van der Waals surface area (Å²) in [6.45, 7) is 0. The van der Waals surface area contributed by atoms with Crippen LogP contribution in [-0.2, 0) is 0 Å². The highest BCUT2D eigenvalue weighted by Gasteiger charge is 2.17. The number of halogens is 1. The predicted octanol–water partition coefficient (Wildman–Crippen LogP) is 7.65. The van der Waals surface area contributed by atoms with Crippen LogP contribution < -0.4 is 4.74 Å². The van der Waals surface area contributed by atoms with Crippen molar-refractivity contribution in [3.05, 3.63) is 108 Å². The molecule has 4 heterocycles. The van der Waals surface area contributed by atoms with Crippen molar-refractivity contribution in [2.24, 2.45) is 0 Å². The van der Waals surface area contributed by atoms with Gasteiger partial charge in [-0.1, -0.05) is 12.1 Å². The van der Waals surface area contributed by atoms with Gasteiger partial charge in [0.25, 0.3) is 0 Å². The largest absolute Gasteiger partial charge is 0.454 e. The smallest absolute Gasteiger partial charge is 0.165 e. The van der Waals surface area contributed by atoms with Gasteiger partial charge >= 0.3 is 0 Å². The Labute approximate surface area is 219 Å². The SMILES string of the molecule is N#Cc1cccc2c1c1ccc(Oc3cc(-c4cc5ncsc5cn4)ccc3F)cc1n2-c1ccccn1. The predicted molar refractivity (Wildman–Crippen MR) is 146 cm³/mol. The Bertz CT molecular complexity index is 2040. The van der Waals surface area contributed by atoms with Crippen molar-refractivity contribution in [1.82, 2.24) is 19.5 Å². The molecular formula is C30H16FN5OS. The highest BCUT2D eigenvalue weighted by molar-refractivity contribution is 7.16. The average molecular weight is 514 g/mol. The van der Waals surface area contributed by atoms with E-state index in [0.29, 0.717) is 22.8 Å². The topological polar surface area (TPSA) is 76.6 Å². The van der Waals surface area contributed by atoms with Gasteiger partial charge in [-0.2, -0.15) is 5.26 Å². The number of hydrogen-bond donors (Lipinski definition) is 0. The Hall–Kier alpha value is -5.13. The molecule has 0 amide bonds. The maximum Gasteiger partial charge on any atom is 0.165 e. The molecule has 38 heavy (non-hydrogen) atoms. The lowest BCUT2D eigenvalue weighted by atomic mass is 10.1. The molecule has 3 aromatic carbocycles. The summed E-state index contributed by atoms with van der Waals surface area (Å²) in [5, 5.41) is 11.5. The fraction of sp³-hybridized carbons (Fsp3) is 0. The highest BCUT2D eigenvalue weighted by atomic mass is 32.1. The molecular weight excluding hydrogens is 497 g/mol. The zero-order valence-electron chi connectivity index (χ0n) is 19.7. The van der Waals surface area contributed by atoms with Crippen molar-refractivity contribution in [3.63, 3.8) is 0 Å². The molecule has 6 nitrogen and oxygen atoms in total. The Morgan fingerprint density at radius 1 is 0.895 bits per heavy atom. The molecule has 4 aromatic heterocycles. The zero-order chi connectivity index (χ0) is 25.6. The monoisotopic (exact) mass is 513 g/mol. The first kappa shape index (κ1) is 22.1. The van der Waals surface area contributed by atoms with Crippen molar-refractivity contribution < 1.29 is 9.13 Å². The van der Waals surface area contributed by atoms with Crippen LogP contribution in [0.2, 0.25) is 0 Å². The van der Waals surface area contributed by atoms with E-state index in [0.717, 1.165) is 37.6 Å². The number of aromatic nitrogens is 4. The molecule has 0 bridgehead atoms. The van der Waals surface area contributed by atoms with Crippen LogP contribution in [0.25, 0.3) is 49.1 Å². The Balaban J connectivity index is 1.36. The molecule has 0 fully saturated rings. The molecule has 0 spiro atoms. The second-order valence-electron chi connectivity index (χ2n) is 8.65. The first-order valence-corrected chi connectivity index (χ1v) is 12.6. The van der Waals surface area contributed by atoms with Crippen LogP contribution in [0.4, 0.5) is 4.39 Å². The maximum absolute atomic E-state index is 14.9. The van der Waals surface area contributed by atoms with E-state index in [1.54, 1.807) is 42.2 Å². The minimum absolute atomic E-state index is 0.0836. The van der Waals surface area contributed by atoms with E-state index in [1.807, 2.05) is 53.1 Å². The van der Waals surface area contributed by atoms with Gasteiger partial charge in [0.15, 0.2) is 11.6 Å². The molecule has 0 aliphatic heterocycles. The van der Waals surface area contributed by atoms with Gasteiger partial charge in [-0.05, 0) is 60.7 Å². The number of thiazole rings is 1. The summed E-state index contributed by atoms with van der Waals surface area (Å²) in [5.74, 6) is 0.757. The fourth-order valence-corrected chi connectivity index (χ4v) is 5.35. The molecule has 0 N–H and O–H groups in total. The molecule has 0 saturated heterocycles. The third-order valence-electron chi connectivity index (χ3n) is 6.43. The van der Waals surface area contributed by atoms with Gasteiger partial charge in [-0.3, -0.25) is 9.55 Å². The molecule has 0 aliphatic carbocycles. The van der Waals surface area contributed by atoms with Crippen LogP contribution in [0.5, 0.6) is 11.5 Å². The Morgan fingerprint density at radius 3 is 2.71 bits per heavy atom. The van der Waals surface area contributed by atoms with E-state index in [9.17, 15) is 9.65 Å². The van der Waals surface area contributed by atoms with Crippen molar-refractivity contribution in [1.29, 1.82) is 5.26 Å². The van der Waals surface area contributed by atoms with Gasteiger partial charge in [0, 0.05) is 34.8 Å². The maximum atomic E-state index is 14.9. The van der Waals surface area contributed by atoms with Crippen LogP contribution in [0, 0.1) is 17.1 Å². The average Bonchev–Trinajstić information content (AvgIpc) is 3.56. The number of hydrogen-bond acceptors (Lipinski definition) is 6. The third kappa shape index (κ3) is 3.57. The number of nitrogens with zero attached hydrogens (tertiary/aromatic N) is 5. The number of rotatable bonds is 4. The van der Waals surface area contributed by atoms with Crippen LogP contribution >= 0.6 is 11.3 Å². The Kier molecular flexibility index (Phi) is 5.10. The van der Waals surface area contributed by atoms with E-state index in [1.165, 1.54) is 17.4 Å². The summed E-state index contributed by atoms with van der Waals surface area (Å²) in [7, 11) is 0. The lowest BCUT2D eigenvalue weighted by Crippen LogP contribution is -1.97. The number of benzene rings is 3. The highest BCUT2D eigenvalue weighted by Crippen LogP contribution is 2.37. The standard InChI is InChI=1S/C30H16FN5OS/c31-22-10-7-18(23-14-24-28(16-34-23)38-17-35-24)12-27(22)37-20-8-9-21-26(13-20)36(29-6-1-2-11-33-29)25-5-3-4-19(15-32)30(21)25/h1-14,16-17H. The fourth-order valence-electron chi connectivity index (χ4n) is 4.73. The molecule has 0 atom stereocenters. The van der Waals surface area contributed by atoms with E-state index in [4.69, 9.17) is 4.74 Å². The lowest BCUT2D eigenvalue weighted by Gasteiger charge is -2.10. The lowest BCUT2D eigenvalue weighted by molar-refractivity contribution is 0.443. The molecule has 0 aliphatic rings. The number of pyridine rings is 2. The van der Waals surface area contributed by atoms with Gasteiger partial charge in [0.05, 0.1) is 44.1 Å². The molecule has 0 saturated carbocycles. The first-order valence-electron chi connectivity index (χ1n) is 11.8. The van der Waals surface area contributed by atoms with Crippen LogP contribution in [0.15, 0.2) is 96.8 Å². The summed E-state index contributed by atoms with van der Waals surface area (Å²) in [4.78, 5) is 13.4. The first-order chi connectivity index (χ1) is 18.7. The molecule has 180 valence electrons. The summed E-state index contributed by atoms with van der Waals surface area (Å²) in [6, 6.07) is 25.7. The summed E-state index contributed by atoms with van der Waals surface area (Å²) in [5.41, 5.74) is 6.24. The molecule has 0 radical (unpaired) electrons. The zero-order valence-corrected chi connectivity index (χ0v) is 20.5. The van der Waals surface area contributed by atoms with Crippen molar-refractivity contribution in [2.75, 3.05) is 0 Å². The quantitative estimate of drug-likeness (QED) is 0.242. The molecule has 7 rings (SSSR count). The molecule has 0 unspecified atom stereocenters. The van der Waals surface area contributed by atoms with Gasteiger partial charge < -0.3 is 4.74 Å². The minimum Gasteiger partial charge on any atom is -0.454 e. The minimum atomic E-state index is -0.486. The molecule has 8 heteroatoms. The van der Waals surface area contributed by atoms with E-state index >= 15 is 0 Å². The van der Waals surface area contributed by atoms with E-state index in [-0.39, 0.29) is 5.75 Å². The third-order valence-corrected chi connectivity index (χ3v) is 7.21. The second-order valence-corrected chi connectivity index (χ2v) is 9.54. The van der Waals surface area contributed by atoms with Crippen molar-refractivity contribution >= 4 is 43.4 Å². The van der Waals surface area contributed by atoms with Gasteiger partial charge in [0.1, 0.15) is 11.6 Å². The molecule has 7 aromatic rings. The number of ether oxygens (including phenoxy) is 1. The number of nitriles is 1. The summed E-state index contributed by atoms with van der Waals surface area (Å²) >= 11 is 1.52. The Morgan fingerprint density at radius 2 is 1.84 bits per heavy atom. The normalized spacial score (nSPS) is 11.3. The number of fused-ring (bicyclic) bond motifs is 4. The van der Waals surface area contributed by atoms with Gasteiger partial charge in [0.2, 0.25) is 0 Å². The van der Waals surface area contributed by atoms with Crippen LogP contribution in [-0.4, -0.2) is 19.5 Å².